The lowest BCUT2D eigenvalue weighted by Crippen LogP contribution is -2.23. The van der Waals surface area contributed by atoms with Crippen LogP contribution in [0, 0.1) is 5.92 Å². The predicted octanol–water partition coefficient (Wildman–Crippen LogP) is 4.45. The molecule has 4 rings (SSSR count). The van der Waals surface area contributed by atoms with Gasteiger partial charge in [-0.05, 0) is 43.5 Å². The summed E-state index contributed by atoms with van der Waals surface area (Å²) in [6, 6.07) is 16.1. The number of para-hydroxylation sites is 2. The maximum Gasteiger partial charge on any atom is 0.227 e. The molecule has 0 aliphatic heterocycles. The zero-order chi connectivity index (χ0) is 16.5. The summed E-state index contributed by atoms with van der Waals surface area (Å²) in [6.45, 7) is 0. The number of carbonyl (C=O) groups excluding carboxylic acids is 1. The number of halogens is 1. The van der Waals surface area contributed by atoms with Gasteiger partial charge in [-0.25, -0.2) is 4.98 Å². The molecule has 25 heavy (non-hydrogen) atoms. The van der Waals surface area contributed by atoms with Crippen molar-refractivity contribution in [1.29, 1.82) is 0 Å². The zero-order valence-electron chi connectivity index (χ0n) is 13.6. The molecule has 1 heterocycles. The highest BCUT2D eigenvalue weighted by molar-refractivity contribution is 7.21. The summed E-state index contributed by atoms with van der Waals surface area (Å²) in [4.78, 5) is 17.2. The largest absolute Gasteiger partial charge is 0.328 e. The van der Waals surface area contributed by atoms with E-state index in [0.717, 1.165) is 45.7 Å². The molecule has 1 aromatic heterocycles. The Morgan fingerprint density at radius 2 is 1.88 bits per heavy atom. The van der Waals surface area contributed by atoms with E-state index in [2.05, 4.69) is 11.4 Å². The monoisotopic (exact) mass is 373 g/mol. The maximum absolute atomic E-state index is 12.5. The molecule has 1 fully saturated rings. The Labute approximate surface area is 156 Å². The second-order valence-corrected chi connectivity index (χ2v) is 7.32. The smallest absolute Gasteiger partial charge is 0.227 e. The Bertz CT molecular complexity index is 862. The Hall–Kier alpha value is -1.95. The van der Waals surface area contributed by atoms with Crippen LogP contribution in [-0.2, 0) is 4.79 Å². The van der Waals surface area contributed by atoms with Gasteiger partial charge in [0.05, 0.1) is 15.9 Å². The van der Waals surface area contributed by atoms with Gasteiger partial charge in [-0.15, -0.1) is 23.7 Å². The quantitative estimate of drug-likeness (QED) is 0.712. The highest BCUT2D eigenvalue weighted by atomic mass is 35.5. The average Bonchev–Trinajstić information content (AvgIpc) is 3.21. The van der Waals surface area contributed by atoms with Crippen molar-refractivity contribution in [2.75, 3.05) is 5.32 Å². The van der Waals surface area contributed by atoms with Crippen LogP contribution in [0.2, 0.25) is 0 Å². The first kappa shape index (κ1) is 17.9. The topological polar surface area (TPSA) is 68.0 Å². The van der Waals surface area contributed by atoms with Gasteiger partial charge in [-0.1, -0.05) is 24.3 Å². The van der Waals surface area contributed by atoms with Crippen LogP contribution < -0.4 is 11.1 Å². The van der Waals surface area contributed by atoms with Crippen molar-refractivity contribution in [1.82, 2.24) is 4.98 Å². The standard InChI is InChI=1S/C19H19N3OS.ClH/c20-13-10-9-12(11-13)18(23)21-15-6-2-1-5-14(15)19-22-16-7-3-4-8-17(16)24-19;/h1-8,12-13H,9-11,20H2,(H,21,23);1H. The van der Waals surface area contributed by atoms with Crippen LogP contribution in [-0.4, -0.2) is 16.9 Å². The molecule has 130 valence electrons. The van der Waals surface area contributed by atoms with Crippen LogP contribution in [0.15, 0.2) is 48.5 Å². The number of hydrogen-bond acceptors (Lipinski definition) is 4. The highest BCUT2D eigenvalue weighted by Crippen LogP contribution is 2.35. The van der Waals surface area contributed by atoms with Gasteiger partial charge >= 0.3 is 0 Å². The highest BCUT2D eigenvalue weighted by Gasteiger charge is 2.28. The van der Waals surface area contributed by atoms with E-state index in [1.54, 1.807) is 11.3 Å². The van der Waals surface area contributed by atoms with E-state index < -0.39 is 0 Å². The minimum atomic E-state index is 0. The molecule has 1 aliphatic carbocycles. The molecule has 2 aromatic carbocycles. The molecule has 2 unspecified atom stereocenters. The SMILES string of the molecule is Cl.NC1CCC(C(=O)Nc2ccccc2-c2nc3ccccc3s2)C1. The van der Waals surface area contributed by atoms with Crippen molar-refractivity contribution in [2.24, 2.45) is 11.7 Å². The molecule has 0 spiro atoms. The fourth-order valence-electron chi connectivity index (χ4n) is 3.26. The molecule has 0 radical (unpaired) electrons. The Morgan fingerprint density at radius 3 is 2.64 bits per heavy atom. The molecule has 0 saturated heterocycles. The summed E-state index contributed by atoms with van der Waals surface area (Å²) in [5.74, 6) is 0.0833. The molecule has 1 saturated carbocycles. The normalized spacial score (nSPS) is 19.6. The van der Waals surface area contributed by atoms with E-state index in [9.17, 15) is 4.79 Å². The Balaban J connectivity index is 0.00000182. The number of carbonyl (C=O) groups is 1. The Kier molecular flexibility index (Phi) is 5.37. The van der Waals surface area contributed by atoms with Crippen LogP contribution in [0.1, 0.15) is 19.3 Å². The third kappa shape index (κ3) is 3.68. The van der Waals surface area contributed by atoms with E-state index >= 15 is 0 Å². The average molecular weight is 374 g/mol. The van der Waals surface area contributed by atoms with E-state index in [1.807, 2.05) is 42.5 Å². The number of aromatic nitrogens is 1. The summed E-state index contributed by atoms with van der Waals surface area (Å²) >= 11 is 1.64. The van der Waals surface area contributed by atoms with E-state index in [4.69, 9.17) is 10.7 Å². The van der Waals surface area contributed by atoms with Crippen LogP contribution in [0.3, 0.4) is 0 Å². The van der Waals surface area contributed by atoms with Gasteiger partial charge in [-0.2, -0.15) is 0 Å². The fraction of sp³-hybridized carbons (Fsp3) is 0.263. The molecule has 3 aromatic rings. The van der Waals surface area contributed by atoms with Gasteiger partial charge in [0.15, 0.2) is 0 Å². The molecule has 2 atom stereocenters. The third-order valence-corrected chi connectivity index (χ3v) is 5.62. The van der Waals surface area contributed by atoms with Gasteiger partial charge in [0.2, 0.25) is 5.91 Å². The van der Waals surface area contributed by atoms with Crippen molar-refractivity contribution in [3.05, 3.63) is 48.5 Å². The second kappa shape index (κ2) is 7.52. The van der Waals surface area contributed by atoms with Gasteiger partial charge in [0.1, 0.15) is 5.01 Å². The number of fused-ring (bicyclic) bond motifs is 1. The van der Waals surface area contributed by atoms with E-state index in [0.29, 0.717) is 0 Å². The first-order valence-corrected chi connectivity index (χ1v) is 9.04. The summed E-state index contributed by atoms with van der Waals surface area (Å²) in [5.41, 5.74) is 8.71. The van der Waals surface area contributed by atoms with Gasteiger partial charge in [0.25, 0.3) is 0 Å². The summed E-state index contributed by atoms with van der Waals surface area (Å²) < 4.78 is 1.15. The molecule has 1 aliphatic rings. The molecular weight excluding hydrogens is 354 g/mol. The predicted molar refractivity (Wildman–Crippen MR) is 106 cm³/mol. The van der Waals surface area contributed by atoms with Crippen molar-refractivity contribution in [2.45, 2.75) is 25.3 Å². The fourth-order valence-corrected chi connectivity index (χ4v) is 4.26. The van der Waals surface area contributed by atoms with Crippen LogP contribution >= 0.6 is 23.7 Å². The van der Waals surface area contributed by atoms with E-state index in [1.165, 1.54) is 0 Å². The minimum absolute atomic E-state index is 0. The van der Waals surface area contributed by atoms with Gasteiger partial charge in [0, 0.05) is 17.5 Å². The lowest BCUT2D eigenvalue weighted by atomic mass is 10.1. The lowest BCUT2D eigenvalue weighted by Gasteiger charge is -2.13. The maximum atomic E-state index is 12.5. The van der Waals surface area contributed by atoms with Gasteiger partial charge < -0.3 is 11.1 Å². The molecule has 4 nitrogen and oxygen atoms in total. The first-order valence-electron chi connectivity index (χ1n) is 8.22. The molecule has 1 amide bonds. The van der Waals surface area contributed by atoms with Gasteiger partial charge in [-0.3, -0.25) is 4.79 Å². The number of amides is 1. The number of benzene rings is 2. The number of anilines is 1. The van der Waals surface area contributed by atoms with Crippen molar-refractivity contribution >= 4 is 45.6 Å². The summed E-state index contributed by atoms with van der Waals surface area (Å²) in [6.07, 6.45) is 2.57. The molecule has 3 N–H and O–H groups in total. The number of nitrogens with one attached hydrogen (secondary N) is 1. The van der Waals surface area contributed by atoms with Crippen LogP contribution in [0.5, 0.6) is 0 Å². The van der Waals surface area contributed by atoms with Crippen molar-refractivity contribution in [3.63, 3.8) is 0 Å². The number of nitrogens with two attached hydrogens (primary N) is 1. The number of nitrogens with zero attached hydrogens (tertiary/aromatic N) is 1. The minimum Gasteiger partial charge on any atom is -0.328 e. The second-order valence-electron chi connectivity index (χ2n) is 6.29. The first-order chi connectivity index (χ1) is 11.7. The number of rotatable bonds is 3. The third-order valence-electron chi connectivity index (χ3n) is 4.55. The zero-order valence-corrected chi connectivity index (χ0v) is 15.3. The van der Waals surface area contributed by atoms with Crippen LogP contribution in [0.25, 0.3) is 20.8 Å². The van der Waals surface area contributed by atoms with Crippen molar-refractivity contribution < 1.29 is 4.79 Å². The molecule has 6 heteroatoms. The summed E-state index contributed by atoms with van der Waals surface area (Å²) in [5, 5.41) is 4.01. The number of hydrogen-bond donors (Lipinski definition) is 2. The molecular formula is C19H20ClN3OS. The van der Waals surface area contributed by atoms with E-state index in [-0.39, 0.29) is 30.3 Å². The number of thiazole rings is 1. The lowest BCUT2D eigenvalue weighted by molar-refractivity contribution is -0.119. The van der Waals surface area contributed by atoms with Crippen LogP contribution in [0.4, 0.5) is 5.69 Å². The van der Waals surface area contributed by atoms with Crippen molar-refractivity contribution in [3.8, 4) is 10.6 Å². The Morgan fingerprint density at radius 1 is 1.12 bits per heavy atom. The summed E-state index contributed by atoms with van der Waals surface area (Å²) in [7, 11) is 0. The molecule has 0 bridgehead atoms.